The molecule has 1 heterocycles. The lowest BCUT2D eigenvalue weighted by Gasteiger charge is -2.36. The maximum absolute atomic E-state index is 5.79. The molecule has 1 saturated carbocycles. The summed E-state index contributed by atoms with van der Waals surface area (Å²) in [7, 11) is 0. The number of benzene rings is 1. The molecule has 2 aliphatic rings. The third-order valence-electron chi connectivity index (χ3n) is 4.40. The van der Waals surface area contributed by atoms with Crippen LogP contribution in [0, 0.1) is 0 Å². The fraction of sp³-hybridized carbons (Fsp3) is 0.647. The van der Waals surface area contributed by atoms with E-state index in [9.17, 15) is 0 Å². The number of nitrogens with one attached hydrogen (secondary N) is 1. The maximum atomic E-state index is 5.79. The Kier molecular flexibility index (Phi) is 4.78. The van der Waals surface area contributed by atoms with Crippen LogP contribution in [-0.2, 0) is 20.8 Å². The van der Waals surface area contributed by atoms with Crippen molar-refractivity contribution < 1.29 is 14.2 Å². The first-order chi connectivity index (χ1) is 10.3. The van der Waals surface area contributed by atoms with Gasteiger partial charge in [-0.1, -0.05) is 18.2 Å². The van der Waals surface area contributed by atoms with E-state index in [2.05, 4.69) is 29.6 Å². The van der Waals surface area contributed by atoms with Crippen molar-refractivity contribution in [1.29, 1.82) is 0 Å². The van der Waals surface area contributed by atoms with Crippen molar-refractivity contribution in [3.05, 3.63) is 29.8 Å². The number of hydrogen-bond donors (Lipinski definition) is 1. The summed E-state index contributed by atoms with van der Waals surface area (Å²) in [6.07, 6.45) is 4.14. The monoisotopic (exact) mass is 291 g/mol. The van der Waals surface area contributed by atoms with E-state index in [0.717, 1.165) is 45.5 Å². The maximum Gasteiger partial charge on any atom is 0.168 e. The van der Waals surface area contributed by atoms with Crippen LogP contribution in [0.2, 0.25) is 0 Å². The van der Waals surface area contributed by atoms with Crippen molar-refractivity contribution in [2.24, 2.45) is 0 Å². The highest BCUT2D eigenvalue weighted by Crippen LogP contribution is 2.36. The molecule has 0 amide bonds. The standard InChI is InChI=1S/C17H25NO3/c1-2-19-13-14-5-3-4-6-16(14)18-15-7-9-17(10-8-15)20-11-12-21-17/h3-6,15,18H,2,7-13H2,1H3. The molecule has 3 rings (SSSR count). The van der Waals surface area contributed by atoms with Crippen LogP contribution in [0.1, 0.15) is 38.2 Å². The van der Waals surface area contributed by atoms with E-state index >= 15 is 0 Å². The number of anilines is 1. The first-order valence-corrected chi connectivity index (χ1v) is 8.01. The lowest BCUT2D eigenvalue weighted by Crippen LogP contribution is -2.39. The fourth-order valence-corrected chi connectivity index (χ4v) is 3.21. The largest absolute Gasteiger partial charge is 0.382 e. The molecule has 21 heavy (non-hydrogen) atoms. The molecule has 116 valence electrons. The van der Waals surface area contributed by atoms with Gasteiger partial charge in [-0.3, -0.25) is 0 Å². The SMILES string of the molecule is CCOCc1ccccc1NC1CCC2(CC1)OCCO2. The molecule has 1 saturated heterocycles. The molecule has 0 aromatic heterocycles. The molecule has 1 spiro atoms. The van der Waals surface area contributed by atoms with Gasteiger partial charge in [0.25, 0.3) is 0 Å². The van der Waals surface area contributed by atoms with Crippen LogP contribution >= 0.6 is 0 Å². The number of hydrogen-bond acceptors (Lipinski definition) is 4. The Balaban J connectivity index is 1.57. The molecule has 1 aliphatic carbocycles. The minimum atomic E-state index is -0.275. The van der Waals surface area contributed by atoms with E-state index in [0.29, 0.717) is 12.6 Å². The topological polar surface area (TPSA) is 39.7 Å². The minimum absolute atomic E-state index is 0.275. The Hall–Kier alpha value is -1.10. The predicted octanol–water partition coefficient (Wildman–Crippen LogP) is 3.32. The molecule has 1 N–H and O–H groups in total. The summed E-state index contributed by atoms with van der Waals surface area (Å²) in [6.45, 7) is 4.93. The Labute approximate surface area is 126 Å². The zero-order valence-electron chi connectivity index (χ0n) is 12.8. The Morgan fingerprint density at radius 2 is 1.90 bits per heavy atom. The molecule has 1 aromatic rings. The highest BCUT2D eigenvalue weighted by atomic mass is 16.7. The average Bonchev–Trinajstić information content (AvgIpc) is 2.97. The average molecular weight is 291 g/mol. The first kappa shape index (κ1) is 14.8. The summed E-state index contributed by atoms with van der Waals surface area (Å²) in [5, 5.41) is 3.67. The van der Waals surface area contributed by atoms with E-state index in [1.807, 2.05) is 6.92 Å². The molecule has 1 aliphatic heterocycles. The number of para-hydroxylation sites is 1. The minimum Gasteiger partial charge on any atom is -0.382 e. The van der Waals surface area contributed by atoms with Crippen LogP contribution in [0.5, 0.6) is 0 Å². The highest BCUT2D eigenvalue weighted by molar-refractivity contribution is 5.51. The van der Waals surface area contributed by atoms with Crippen molar-refractivity contribution in [3.8, 4) is 0 Å². The summed E-state index contributed by atoms with van der Waals surface area (Å²) in [5.74, 6) is -0.275. The number of ether oxygens (including phenoxy) is 3. The van der Waals surface area contributed by atoms with Crippen molar-refractivity contribution in [1.82, 2.24) is 0 Å². The quantitative estimate of drug-likeness (QED) is 0.903. The van der Waals surface area contributed by atoms with Crippen LogP contribution in [0.15, 0.2) is 24.3 Å². The summed E-state index contributed by atoms with van der Waals surface area (Å²) in [4.78, 5) is 0. The summed E-state index contributed by atoms with van der Waals surface area (Å²) >= 11 is 0. The zero-order valence-corrected chi connectivity index (χ0v) is 12.8. The third-order valence-corrected chi connectivity index (χ3v) is 4.40. The summed E-state index contributed by atoms with van der Waals surface area (Å²) in [6, 6.07) is 8.90. The molecular formula is C17H25NO3. The number of rotatable bonds is 5. The molecule has 0 bridgehead atoms. The van der Waals surface area contributed by atoms with Crippen LogP contribution in [0.4, 0.5) is 5.69 Å². The Morgan fingerprint density at radius 1 is 1.19 bits per heavy atom. The second-order valence-electron chi connectivity index (χ2n) is 5.82. The molecule has 2 fully saturated rings. The molecule has 1 aromatic carbocycles. The zero-order chi connectivity index (χ0) is 14.5. The normalized spacial score (nSPS) is 21.8. The molecular weight excluding hydrogens is 266 g/mol. The summed E-state index contributed by atoms with van der Waals surface area (Å²) in [5.41, 5.74) is 2.42. The predicted molar refractivity (Wildman–Crippen MR) is 82.3 cm³/mol. The Morgan fingerprint density at radius 3 is 2.62 bits per heavy atom. The highest BCUT2D eigenvalue weighted by Gasteiger charge is 2.40. The van der Waals surface area contributed by atoms with Crippen molar-refractivity contribution in [2.75, 3.05) is 25.1 Å². The van der Waals surface area contributed by atoms with E-state index in [4.69, 9.17) is 14.2 Å². The van der Waals surface area contributed by atoms with Crippen molar-refractivity contribution >= 4 is 5.69 Å². The lowest BCUT2D eigenvalue weighted by atomic mass is 9.89. The van der Waals surface area contributed by atoms with Crippen molar-refractivity contribution in [3.63, 3.8) is 0 Å². The van der Waals surface area contributed by atoms with Crippen LogP contribution < -0.4 is 5.32 Å². The van der Waals surface area contributed by atoms with Gasteiger partial charge in [0, 0.05) is 36.7 Å². The van der Waals surface area contributed by atoms with Gasteiger partial charge in [-0.2, -0.15) is 0 Å². The Bertz CT molecular complexity index is 447. The smallest absolute Gasteiger partial charge is 0.168 e. The van der Waals surface area contributed by atoms with Crippen LogP contribution in [-0.4, -0.2) is 31.6 Å². The molecule has 0 radical (unpaired) electrons. The van der Waals surface area contributed by atoms with E-state index in [1.165, 1.54) is 11.3 Å². The van der Waals surface area contributed by atoms with E-state index in [1.54, 1.807) is 0 Å². The van der Waals surface area contributed by atoms with Gasteiger partial charge in [0.15, 0.2) is 5.79 Å². The van der Waals surface area contributed by atoms with Gasteiger partial charge in [-0.05, 0) is 25.8 Å². The molecule has 0 atom stereocenters. The summed E-state index contributed by atoms with van der Waals surface area (Å²) < 4.78 is 17.1. The van der Waals surface area contributed by atoms with Gasteiger partial charge >= 0.3 is 0 Å². The van der Waals surface area contributed by atoms with Gasteiger partial charge in [0.2, 0.25) is 0 Å². The van der Waals surface area contributed by atoms with Crippen molar-refractivity contribution in [2.45, 2.75) is 51.0 Å². The van der Waals surface area contributed by atoms with E-state index < -0.39 is 0 Å². The molecule has 4 nitrogen and oxygen atoms in total. The van der Waals surface area contributed by atoms with Gasteiger partial charge in [0.1, 0.15) is 0 Å². The van der Waals surface area contributed by atoms with Gasteiger partial charge in [-0.15, -0.1) is 0 Å². The lowest BCUT2D eigenvalue weighted by molar-refractivity contribution is -0.177. The van der Waals surface area contributed by atoms with Gasteiger partial charge < -0.3 is 19.5 Å². The van der Waals surface area contributed by atoms with Gasteiger partial charge in [-0.25, -0.2) is 0 Å². The van der Waals surface area contributed by atoms with Gasteiger partial charge in [0.05, 0.1) is 19.8 Å². The second-order valence-corrected chi connectivity index (χ2v) is 5.82. The van der Waals surface area contributed by atoms with E-state index in [-0.39, 0.29) is 5.79 Å². The fourth-order valence-electron chi connectivity index (χ4n) is 3.21. The molecule has 4 heteroatoms. The first-order valence-electron chi connectivity index (χ1n) is 8.01. The third kappa shape index (κ3) is 3.57. The van der Waals surface area contributed by atoms with Crippen LogP contribution in [0.25, 0.3) is 0 Å². The second kappa shape index (κ2) is 6.77. The van der Waals surface area contributed by atoms with Crippen LogP contribution in [0.3, 0.4) is 0 Å². The molecule has 0 unspecified atom stereocenters.